The molecule has 1 aliphatic heterocycles. The minimum absolute atomic E-state index is 0.0681. The highest BCUT2D eigenvalue weighted by molar-refractivity contribution is 5.73. The fourth-order valence-corrected chi connectivity index (χ4v) is 5.66. The number of nitrogens with zero attached hydrogens (tertiary/aromatic N) is 2. The van der Waals surface area contributed by atoms with Crippen molar-refractivity contribution in [3.8, 4) is 5.75 Å². The molecule has 0 spiro atoms. The lowest BCUT2D eigenvalue weighted by Crippen LogP contribution is -2.36. The van der Waals surface area contributed by atoms with Gasteiger partial charge in [0, 0.05) is 45.6 Å². The lowest BCUT2D eigenvalue weighted by Gasteiger charge is -2.28. The summed E-state index contributed by atoms with van der Waals surface area (Å²) in [4.78, 5) is 17.1. The molecule has 1 heterocycles. The molecule has 0 radical (unpaired) electrons. The molecule has 4 rings (SSSR count). The number of methoxy groups -OCH3 is 1. The smallest absolute Gasteiger partial charge is 0.219 e. The van der Waals surface area contributed by atoms with Gasteiger partial charge in [-0.3, -0.25) is 4.79 Å². The van der Waals surface area contributed by atoms with Gasteiger partial charge in [-0.15, -0.1) is 0 Å². The van der Waals surface area contributed by atoms with Crippen LogP contribution >= 0.6 is 0 Å². The largest absolute Gasteiger partial charge is 0.497 e. The van der Waals surface area contributed by atoms with Gasteiger partial charge in [0.05, 0.1) is 7.11 Å². The molecule has 1 aliphatic carbocycles. The minimum Gasteiger partial charge on any atom is -0.497 e. The van der Waals surface area contributed by atoms with Gasteiger partial charge >= 0.3 is 0 Å². The zero-order chi connectivity index (χ0) is 23.2. The van der Waals surface area contributed by atoms with Crippen LogP contribution in [0, 0.1) is 17.7 Å². The number of carbonyl (C=O) groups is 1. The van der Waals surface area contributed by atoms with Crippen molar-refractivity contribution < 1.29 is 13.9 Å². The second-order valence-electron chi connectivity index (χ2n) is 9.89. The lowest BCUT2D eigenvalue weighted by molar-refractivity contribution is -0.130. The van der Waals surface area contributed by atoms with Crippen LogP contribution in [0.2, 0.25) is 0 Å². The van der Waals surface area contributed by atoms with Crippen molar-refractivity contribution in [1.29, 1.82) is 0 Å². The zero-order valence-electron chi connectivity index (χ0n) is 20.0. The molecular weight excluding hydrogens is 415 g/mol. The summed E-state index contributed by atoms with van der Waals surface area (Å²) in [6.07, 6.45) is 6.79. The number of hydrogen-bond donors (Lipinski definition) is 0. The standard InChI is InChI=1S/C28H37FN2O2/c1-21(32)31(17-23-8-12-26(29)13-9-23)19-25-18-30(16-22-6-4-3-5-7-22)20-28(25)24-10-14-27(33-2)15-11-24/h8-15,22,25,28H,3-7,16-20H2,1-2H3/t25-,28+/m1/s1. The van der Waals surface area contributed by atoms with Gasteiger partial charge in [-0.1, -0.05) is 43.5 Å². The van der Waals surface area contributed by atoms with E-state index in [4.69, 9.17) is 4.74 Å². The van der Waals surface area contributed by atoms with Gasteiger partial charge < -0.3 is 14.5 Å². The molecule has 2 aromatic rings. The Morgan fingerprint density at radius 3 is 2.36 bits per heavy atom. The molecule has 1 saturated heterocycles. The third-order valence-corrected chi connectivity index (χ3v) is 7.49. The first kappa shape index (κ1) is 23.7. The Balaban J connectivity index is 1.50. The van der Waals surface area contributed by atoms with E-state index in [-0.39, 0.29) is 11.7 Å². The van der Waals surface area contributed by atoms with Crippen molar-refractivity contribution in [2.24, 2.45) is 11.8 Å². The van der Waals surface area contributed by atoms with E-state index in [2.05, 4.69) is 17.0 Å². The van der Waals surface area contributed by atoms with Crippen LogP contribution in [-0.4, -0.2) is 49.0 Å². The monoisotopic (exact) mass is 452 g/mol. The Morgan fingerprint density at radius 2 is 1.73 bits per heavy atom. The van der Waals surface area contributed by atoms with Crippen LogP contribution < -0.4 is 4.74 Å². The number of hydrogen-bond acceptors (Lipinski definition) is 3. The zero-order valence-corrected chi connectivity index (χ0v) is 20.0. The molecule has 0 aromatic heterocycles. The maximum atomic E-state index is 13.3. The SMILES string of the molecule is COc1ccc([C@@H]2CN(CC3CCCCC3)C[C@@H]2CN(Cc2ccc(F)cc2)C(C)=O)cc1. The first-order valence-electron chi connectivity index (χ1n) is 12.4. The topological polar surface area (TPSA) is 32.8 Å². The molecule has 0 bridgehead atoms. The average Bonchev–Trinajstić information content (AvgIpc) is 3.22. The van der Waals surface area contributed by atoms with Gasteiger partial charge in [0.15, 0.2) is 0 Å². The number of benzene rings is 2. The summed E-state index contributed by atoms with van der Waals surface area (Å²) in [5.74, 6) is 2.24. The molecule has 2 aliphatic rings. The number of carbonyl (C=O) groups excluding carboxylic acids is 1. The summed E-state index contributed by atoms with van der Waals surface area (Å²) >= 11 is 0. The number of rotatable bonds is 8. The van der Waals surface area contributed by atoms with Crippen LogP contribution in [0.15, 0.2) is 48.5 Å². The first-order valence-corrected chi connectivity index (χ1v) is 12.4. The molecule has 2 atom stereocenters. The van der Waals surface area contributed by atoms with Crippen LogP contribution in [0.1, 0.15) is 56.1 Å². The number of amides is 1. The summed E-state index contributed by atoms with van der Waals surface area (Å²) < 4.78 is 18.7. The Hall–Kier alpha value is -2.40. The van der Waals surface area contributed by atoms with E-state index in [0.29, 0.717) is 24.9 Å². The Kier molecular flexibility index (Phi) is 8.02. The van der Waals surface area contributed by atoms with Gasteiger partial charge in [-0.25, -0.2) is 4.39 Å². The van der Waals surface area contributed by atoms with Crippen LogP contribution in [0.4, 0.5) is 4.39 Å². The molecule has 2 fully saturated rings. The second kappa shape index (κ2) is 11.1. The Labute approximate surface area is 197 Å². The van der Waals surface area contributed by atoms with Crippen LogP contribution in [0.3, 0.4) is 0 Å². The molecular formula is C28H37FN2O2. The lowest BCUT2D eigenvalue weighted by atomic mass is 9.88. The predicted molar refractivity (Wildman–Crippen MR) is 130 cm³/mol. The van der Waals surface area contributed by atoms with Gasteiger partial charge in [-0.2, -0.15) is 0 Å². The molecule has 1 amide bonds. The van der Waals surface area contributed by atoms with Gasteiger partial charge in [0.25, 0.3) is 0 Å². The Morgan fingerprint density at radius 1 is 1.03 bits per heavy atom. The van der Waals surface area contributed by atoms with Crippen LogP contribution in [0.25, 0.3) is 0 Å². The number of likely N-dealkylation sites (tertiary alicyclic amines) is 1. The van der Waals surface area contributed by atoms with Gasteiger partial charge in [-0.05, 0) is 60.1 Å². The third-order valence-electron chi connectivity index (χ3n) is 7.49. The fraction of sp³-hybridized carbons (Fsp3) is 0.536. The van der Waals surface area contributed by atoms with Crippen LogP contribution in [0.5, 0.6) is 5.75 Å². The van der Waals surface area contributed by atoms with E-state index >= 15 is 0 Å². The van der Waals surface area contributed by atoms with Crippen LogP contribution in [-0.2, 0) is 11.3 Å². The van der Waals surface area contributed by atoms with E-state index in [1.165, 1.54) is 56.3 Å². The average molecular weight is 453 g/mol. The van der Waals surface area contributed by atoms with Crippen molar-refractivity contribution in [2.75, 3.05) is 33.3 Å². The third kappa shape index (κ3) is 6.35. The first-order chi connectivity index (χ1) is 16.0. The molecule has 4 nitrogen and oxygen atoms in total. The van der Waals surface area contributed by atoms with Crippen molar-refractivity contribution in [2.45, 2.75) is 51.5 Å². The number of halogens is 1. The van der Waals surface area contributed by atoms with Crippen molar-refractivity contribution in [3.05, 3.63) is 65.5 Å². The van der Waals surface area contributed by atoms with Crippen molar-refractivity contribution >= 4 is 5.91 Å². The highest BCUT2D eigenvalue weighted by atomic mass is 19.1. The molecule has 178 valence electrons. The molecule has 0 N–H and O–H groups in total. The van der Waals surface area contributed by atoms with E-state index in [9.17, 15) is 9.18 Å². The van der Waals surface area contributed by atoms with E-state index in [1.807, 2.05) is 17.0 Å². The molecule has 1 saturated carbocycles. The van der Waals surface area contributed by atoms with Crippen molar-refractivity contribution in [3.63, 3.8) is 0 Å². The van der Waals surface area contributed by atoms with E-state index in [0.717, 1.165) is 30.3 Å². The minimum atomic E-state index is -0.248. The summed E-state index contributed by atoms with van der Waals surface area (Å²) in [6, 6.07) is 14.9. The summed E-state index contributed by atoms with van der Waals surface area (Å²) in [7, 11) is 1.69. The maximum absolute atomic E-state index is 13.3. The van der Waals surface area contributed by atoms with Crippen molar-refractivity contribution in [1.82, 2.24) is 9.80 Å². The highest BCUT2D eigenvalue weighted by Gasteiger charge is 2.36. The number of ether oxygens (including phenoxy) is 1. The normalized spacial score (nSPS) is 21.8. The highest BCUT2D eigenvalue weighted by Crippen LogP contribution is 2.36. The summed E-state index contributed by atoms with van der Waals surface area (Å²) in [6.45, 7) is 6.09. The molecule has 2 aromatic carbocycles. The molecule has 0 unspecified atom stereocenters. The second-order valence-corrected chi connectivity index (χ2v) is 9.89. The van der Waals surface area contributed by atoms with Gasteiger partial charge in [0.1, 0.15) is 11.6 Å². The fourth-order valence-electron chi connectivity index (χ4n) is 5.66. The van der Waals surface area contributed by atoms with Gasteiger partial charge in [0.2, 0.25) is 5.91 Å². The summed E-state index contributed by atoms with van der Waals surface area (Å²) in [5, 5.41) is 0. The Bertz CT molecular complexity index is 893. The van der Waals surface area contributed by atoms with E-state index < -0.39 is 0 Å². The molecule has 33 heavy (non-hydrogen) atoms. The predicted octanol–water partition coefficient (Wildman–Crippen LogP) is 5.48. The molecule has 5 heteroatoms. The van der Waals surface area contributed by atoms with E-state index in [1.54, 1.807) is 26.2 Å². The quantitative estimate of drug-likeness (QED) is 0.532. The summed E-state index contributed by atoms with van der Waals surface area (Å²) in [5.41, 5.74) is 2.28. The maximum Gasteiger partial charge on any atom is 0.219 e.